The number of rotatable bonds is 8. The van der Waals surface area contributed by atoms with Crippen molar-refractivity contribution in [1.29, 1.82) is 0 Å². The molecule has 3 rings (SSSR count). The molecule has 17 heteroatoms. The Bertz CT molecular complexity index is 1480. The van der Waals surface area contributed by atoms with Gasteiger partial charge in [-0.05, 0) is 36.4 Å². The highest BCUT2D eigenvalue weighted by Gasteiger charge is 2.73. The van der Waals surface area contributed by atoms with Gasteiger partial charge in [0.1, 0.15) is 11.4 Å². The number of methoxy groups -OCH3 is 1. The summed E-state index contributed by atoms with van der Waals surface area (Å²) in [6.07, 6.45) is -13.3. The summed E-state index contributed by atoms with van der Waals surface area (Å²) in [5.41, 5.74) is -10.3. The zero-order chi connectivity index (χ0) is 31.6. The van der Waals surface area contributed by atoms with Crippen LogP contribution in [0.3, 0.4) is 0 Å². The molecule has 0 saturated carbocycles. The van der Waals surface area contributed by atoms with E-state index in [0.717, 1.165) is 13.2 Å². The number of carbonyl (C=O) groups is 2. The molecule has 7 nitrogen and oxygen atoms in total. The molecule has 0 unspecified atom stereocenters. The molecule has 3 aromatic rings. The van der Waals surface area contributed by atoms with Crippen molar-refractivity contribution in [2.24, 2.45) is 0 Å². The predicted molar refractivity (Wildman–Crippen MR) is 130 cm³/mol. The van der Waals surface area contributed by atoms with E-state index in [1.807, 2.05) is 0 Å². The van der Waals surface area contributed by atoms with E-state index in [4.69, 9.17) is 16.3 Å². The molecule has 0 atom stereocenters. The summed E-state index contributed by atoms with van der Waals surface area (Å²) in [6, 6.07) is 8.67. The lowest BCUT2D eigenvalue weighted by Crippen LogP contribution is -2.50. The van der Waals surface area contributed by atoms with Gasteiger partial charge in [0.15, 0.2) is 11.5 Å². The summed E-state index contributed by atoms with van der Waals surface area (Å²) >= 11 is 5.99. The second kappa shape index (κ2) is 11.9. The van der Waals surface area contributed by atoms with Gasteiger partial charge in [0.25, 0.3) is 11.8 Å². The highest BCUT2D eigenvalue weighted by atomic mass is 35.5. The topological polar surface area (TPSA) is 96.9 Å². The van der Waals surface area contributed by atoms with Gasteiger partial charge >= 0.3 is 24.6 Å². The number of phenols is 1. The van der Waals surface area contributed by atoms with Gasteiger partial charge in [0.2, 0.25) is 0 Å². The summed E-state index contributed by atoms with van der Waals surface area (Å²) in [5.74, 6) is -5.75. The van der Waals surface area contributed by atoms with Gasteiger partial charge in [-0.25, -0.2) is 4.39 Å². The molecule has 3 N–H and O–H groups in total. The summed E-state index contributed by atoms with van der Waals surface area (Å²) in [6.45, 7) is -3.90. The Hall–Kier alpha value is -4.34. The van der Waals surface area contributed by atoms with Gasteiger partial charge in [-0.2, -0.15) is 35.1 Å². The Kier molecular flexibility index (Phi) is 9.10. The second-order valence-corrected chi connectivity index (χ2v) is 8.58. The SMILES string of the molecule is COc1c(NC(=O)c2ccccc2Cl)cccc1C(=O)Nc1c(O)cc(C(F)(C(F)(F)F)C(F)(F)F)cc1OC(F)F. The Labute approximate surface area is 234 Å². The second-order valence-electron chi connectivity index (χ2n) is 8.18. The van der Waals surface area contributed by atoms with E-state index in [1.165, 1.54) is 30.3 Å². The van der Waals surface area contributed by atoms with Crippen LogP contribution in [0.4, 0.5) is 50.9 Å². The maximum Gasteiger partial charge on any atom is 0.435 e. The summed E-state index contributed by atoms with van der Waals surface area (Å²) in [4.78, 5) is 25.7. The van der Waals surface area contributed by atoms with Crippen LogP contribution in [0.25, 0.3) is 0 Å². The number of aromatic hydroxyl groups is 1. The van der Waals surface area contributed by atoms with Crippen molar-refractivity contribution in [2.45, 2.75) is 24.6 Å². The van der Waals surface area contributed by atoms with Gasteiger partial charge in [0.05, 0.1) is 28.9 Å². The minimum atomic E-state index is -6.65. The Morgan fingerprint density at radius 1 is 0.857 bits per heavy atom. The van der Waals surface area contributed by atoms with Crippen LogP contribution in [0.15, 0.2) is 54.6 Å². The molecule has 226 valence electrons. The van der Waals surface area contributed by atoms with Crippen LogP contribution < -0.4 is 20.1 Å². The molecule has 0 saturated heterocycles. The van der Waals surface area contributed by atoms with Crippen molar-refractivity contribution in [1.82, 2.24) is 0 Å². The number of benzene rings is 3. The van der Waals surface area contributed by atoms with Crippen molar-refractivity contribution in [3.63, 3.8) is 0 Å². The van der Waals surface area contributed by atoms with E-state index in [1.54, 1.807) is 11.4 Å². The first-order valence-electron chi connectivity index (χ1n) is 11.1. The summed E-state index contributed by atoms with van der Waals surface area (Å²) in [5, 5.41) is 14.5. The van der Waals surface area contributed by atoms with E-state index in [9.17, 15) is 54.2 Å². The number of alkyl halides is 9. The number of para-hydroxylation sites is 1. The molecule has 0 bridgehead atoms. The van der Waals surface area contributed by atoms with Crippen LogP contribution in [0, 0.1) is 0 Å². The first kappa shape index (κ1) is 32.2. The van der Waals surface area contributed by atoms with Crippen LogP contribution >= 0.6 is 11.6 Å². The first-order chi connectivity index (χ1) is 19.4. The quantitative estimate of drug-likeness (QED) is 0.178. The molecule has 0 aliphatic carbocycles. The number of anilines is 2. The van der Waals surface area contributed by atoms with Gasteiger partial charge in [0, 0.05) is 5.56 Å². The molecule has 0 aliphatic heterocycles. The number of amides is 2. The molecule has 0 spiro atoms. The summed E-state index contributed by atoms with van der Waals surface area (Å²) in [7, 11) is 1.06. The number of hydrogen-bond donors (Lipinski definition) is 3. The first-order valence-corrected chi connectivity index (χ1v) is 11.5. The Morgan fingerprint density at radius 3 is 1.98 bits per heavy atom. The maximum absolute atomic E-state index is 14.5. The molecule has 0 aliphatic rings. The highest BCUT2D eigenvalue weighted by molar-refractivity contribution is 6.34. The van der Waals surface area contributed by atoms with Crippen molar-refractivity contribution in [3.05, 3.63) is 76.3 Å². The standard InChI is InChI=1S/C25H16ClF9N2O5/c1-41-19-13(6-4-8-15(19)36-20(39)12-5-2-3-7-14(12)26)21(40)37-18-16(38)9-11(10-17(18)42-22(27)28)23(29,24(30,31)32)25(33,34)35/h2-10,22,38H,1H3,(H,36,39)(H,37,40). The lowest BCUT2D eigenvalue weighted by Gasteiger charge is -2.31. The van der Waals surface area contributed by atoms with Gasteiger partial charge in [-0.1, -0.05) is 29.8 Å². The molecular weight excluding hydrogens is 615 g/mol. The van der Waals surface area contributed by atoms with Crippen LogP contribution in [0.2, 0.25) is 5.02 Å². The van der Waals surface area contributed by atoms with E-state index in [2.05, 4.69) is 10.1 Å². The lowest BCUT2D eigenvalue weighted by molar-refractivity contribution is -0.348. The average Bonchev–Trinajstić information content (AvgIpc) is 2.88. The van der Waals surface area contributed by atoms with E-state index in [0.29, 0.717) is 0 Å². The maximum atomic E-state index is 14.5. The lowest BCUT2D eigenvalue weighted by atomic mass is 9.93. The smallest absolute Gasteiger partial charge is 0.435 e. The predicted octanol–water partition coefficient (Wildman–Crippen LogP) is 7.45. The van der Waals surface area contributed by atoms with Crippen LogP contribution in [-0.2, 0) is 5.67 Å². The highest BCUT2D eigenvalue weighted by Crippen LogP contribution is 2.55. The van der Waals surface area contributed by atoms with E-state index in [-0.39, 0.29) is 34.2 Å². The van der Waals surface area contributed by atoms with Gasteiger partial charge in [-0.3, -0.25) is 9.59 Å². The van der Waals surface area contributed by atoms with Crippen molar-refractivity contribution in [2.75, 3.05) is 17.7 Å². The van der Waals surface area contributed by atoms with Gasteiger partial charge in [-0.15, -0.1) is 0 Å². The molecular formula is C25H16ClF9N2O5. The normalized spacial score (nSPS) is 12.2. The number of hydrogen-bond acceptors (Lipinski definition) is 5. The largest absolute Gasteiger partial charge is 0.506 e. The monoisotopic (exact) mass is 630 g/mol. The van der Waals surface area contributed by atoms with Crippen LogP contribution in [0.5, 0.6) is 17.2 Å². The molecule has 42 heavy (non-hydrogen) atoms. The summed E-state index contributed by atoms with van der Waals surface area (Å²) < 4.78 is 129. The Balaban J connectivity index is 2.06. The number of nitrogens with one attached hydrogen (secondary N) is 2. The number of phenolic OH excluding ortho intramolecular Hbond substituents is 1. The van der Waals surface area contributed by atoms with E-state index < -0.39 is 64.8 Å². The van der Waals surface area contributed by atoms with Gasteiger partial charge < -0.3 is 25.2 Å². The molecule has 0 fully saturated rings. The fraction of sp³-hybridized carbons (Fsp3) is 0.200. The molecule has 2 amide bonds. The number of halogens is 10. The fourth-order valence-corrected chi connectivity index (χ4v) is 3.87. The van der Waals surface area contributed by atoms with Crippen molar-refractivity contribution < 1.29 is 63.7 Å². The van der Waals surface area contributed by atoms with Crippen LogP contribution in [0.1, 0.15) is 26.3 Å². The molecule has 0 heterocycles. The fourth-order valence-electron chi connectivity index (χ4n) is 3.65. The number of carbonyl (C=O) groups excluding carboxylic acids is 2. The third kappa shape index (κ3) is 6.27. The number of ether oxygens (including phenoxy) is 2. The van der Waals surface area contributed by atoms with Crippen molar-refractivity contribution in [3.8, 4) is 17.2 Å². The molecule has 0 radical (unpaired) electrons. The van der Waals surface area contributed by atoms with Crippen LogP contribution in [-0.4, -0.2) is 43.0 Å². The average molecular weight is 631 g/mol. The third-order valence-electron chi connectivity index (χ3n) is 5.55. The zero-order valence-corrected chi connectivity index (χ0v) is 21.4. The van der Waals surface area contributed by atoms with E-state index >= 15 is 0 Å². The Morgan fingerprint density at radius 2 is 1.43 bits per heavy atom. The molecule has 3 aromatic carbocycles. The minimum absolute atomic E-state index is 0.0246. The van der Waals surface area contributed by atoms with Crippen molar-refractivity contribution >= 4 is 34.8 Å². The minimum Gasteiger partial charge on any atom is -0.506 e. The molecule has 0 aromatic heterocycles. The third-order valence-corrected chi connectivity index (χ3v) is 5.88. The zero-order valence-electron chi connectivity index (χ0n) is 20.6.